The van der Waals surface area contributed by atoms with E-state index in [1.807, 2.05) is 61.7 Å². The molecule has 3 aromatic carbocycles. The Bertz CT molecular complexity index is 1220. The van der Waals surface area contributed by atoms with E-state index in [9.17, 15) is 4.79 Å². The molecule has 6 heteroatoms. The molecule has 2 N–H and O–H groups in total. The van der Waals surface area contributed by atoms with Crippen LogP contribution in [-0.2, 0) is 4.79 Å². The number of H-pyrrole nitrogens is 1. The smallest absolute Gasteiger partial charge is 0.257 e. The fourth-order valence-electron chi connectivity index (χ4n) is 3.75. The van der Waals surface area contributed by atoms with Gasteiger partial charge in [0.1, 0.15) is 11.5 Å². The lowest BCUT2D eigenvalue weighted by molar-refractivity contribution is -0.123. The van der Waals surface area contributed by atoms with E-state index in [1.54, 1.807) is 19.2 Å². The Kier molecular flexibility index (Phi) is 6.66. The second-order valence-corrected chi connectivity index (χ2v) is 8.03. The number of carbonyl (C=O) groups is 1. The second-order valence-electron chi connectivity index (χ2n) is 7.62. The van der Waals surface area contributed by atoms with Crippen molar-refractivity contribution in [2.24, 2.45) is 0 Å². The van der Waals surface area contributed by atoms with Crippen LogP contribution in [-0.4, -0.2) is 31.2 Å². The second kappa shape index (κ2) is 9.79. The van der Waals surface area contributed by atoms with Crippen molar-refractivity contribution >= 4 is 28.4 Å². The first-order valence-electron chi connectivity index (χ1n) is 10.4. The molecule has 1 amide bonds. The fraction of sp³-hybridized carbons (Fsp3) is 0.192. The van der Waals surface area contributed by atoms with Crippen LogP contribution in [0.2, 0.25) is 5.02 Å². The number of aromatic amines is 1. The highest BCUT2D eigenvalue weighted by molar-refractivity contribution is 6.31. The van der Waals surface area contributed by atoms with Crippen LogP contribution in [0, 0.1) is 6.92 Å². The van der Waals surface area contributed by atoms with E-state index in [2.05, 4.69) is 16.4 Å². The summed E-state index contributed by atoms with van der Waals surface area (Å²) in [5.41, 5.74) is 4.18. The van der Waals surface area contributed by atoms with Crippen LogP contribution >= 0.6 is 11.6 Å². The monoisotopic (exact) mass is 448 g/mol. The van der Waals surface area contributed by atoms with E-state index < -0.39 is 0 Å². The van der Waals surface area contributed by atoms with Gasteiger partial charge in [-0.15, -0.1) is 0 Å². The van der Waals surface area contributed by atoms with Crippen LogP contribution < -0.4 is 14.8 Å². The Hall–Kier alpha value is -3.44. The van der Waals surface area contributed by atoms with Gasteiger partial charge in [0.05, 0.1) is 7.11 Å². The first kappa shape index (κ1) is 21.8. The average molecular weight is 449 g/mol. The number of halogens is 1. The number of para-hydroxylation sites is 1. The number of aromatic nitrogens is 1. The van der Waals surface area contributed by atoms with Crippen molar-refractivity contribution < 1.29 is 14.3 Å². The van der Waals surface area contributed by atoms with Gasteiger partial charge in [-0.25, -0.2) is 0 Å². The Morgan fingerprint density at radius 3 is 2.56 bits per heavy atom. The molecule has 0 fully saturated rings. The molecule has 0 aliphatic carbocycles. The fourth-order valence-corrected chi connectivity index (χ4v) is 3.87. The number of benzene rings is 3. The van der Waals surface area contributed by atoms with Gasteiger partial charge in [0.2, 0.25) is 0 Å². The number of hydrogen-bond donors (Lipinski definition) is 2. The standard InChI is InChI=1S/C26H25ClN2O3/c1-17-13-20(11-12-24(17)27)32-16-26(30)29-14-22(18-7-9-19(31-2)10-8-18)23-15-28-25-6-4-3-5-21(23)25/h3-13,15,22,28H,14,16H2,1-2H3,(H,29,30)/t22-/m1/s1. The normalized spacial score (nSPS) is 11.8. The quantitative estimate of drug-likeness (QED) is 0.376. The molecule has 1 atom stereocenters. The van der Waals surface area contributed by atoms with Gasteiger partial charge >= 0.3 is 0 Å². The number of nitrogens with one attached hydrogen (secondary N) is 2. The minimum Gasteiger partial charge on any atom is -0.497 e. The number of fused-ring (bicyclic) bond motifs is 1. The van der Waals surface area contributed by atoms with E-state index >= 15 is 0 Å². The summed E-state index contributed by atoms with van der Waals surface area (Å²) in [6.07, 6.45) is 2.01. The van der Waals surface area contributed by atoms with Crippen LogP contribution in [0.1, 0.15) is 22.6 Å². The molecule has 0 spiro atoms. The van der Waals surface area contributed by atoms with Crippen molar-refractivity contribution in [2.75, 3.05) is 20.3 Å². The molecule has 0 aliphatic heterocycles. The molecular weight excluding hydrogens is 424 g/mol. The van der Waals surface area contributed by atoms with Crippen LogP contribution in [0.5, 0.6) is 11.5 Å². The number of methoxy groups -OCH3 is 1. The zero-order valence-electron chi connectivity index (χ0n) is 18.0. The Morgan fingerprint density at radius 1 is 1.06 bits per heavy atom. The predicted molar refractivity (Wildman–Crippen MR) is 128 cm³/mol. The highest BCUT2D eigenvalue weighted by Gasteiger charge is 2.19. The van der Waals surface area contributed by atoms with Crippen LogP contribution in [0.4, 0.5) is 0 Å². The lowest BCUT2D eigenvalue weighted by atomic mass is 9.91. The van der Waals surface area contributed by atoms with Crippen molar-refractivity contribution in [1.82, 2.24) is 10.3 Å². The van der Waals surface area contributed by atoms with Gasteiger partial charge < -0.3 is 19.8 Å². The predicted octanol–water partition coefficient (Wildman–Crippen LogP) is 5.47. The molecule has 0 bridgehead atoms. The molecule has 0 saturated carbocycles. The molecule has 0 saturated heterocycles. The van der Waals surface area contributed by atoms with Crippen LogP contribution in [0.25, 0.3) is 10.9 Å². The minimum atomic E-state index is -0.184. The molecular formula is C26H25ClN2O3. The number of amides is 1. The van der Waals surface area contributed by atoms with E-state index in [0.717, 1.165) is 33.3 Å². The Morgan fingerprint density at radius 2 is 1.81 bits per heavy atom. The maximum Gasteiger partial charge on any atom is 0.257 e. The van der Waals surface area contributed by atoms with Gasteiger partial charge in [-0.1, -0.05) is 41.9 Å². The molecule has 1 heterocycles. The van der Waals surface area contributed by atoms with E-state index in [4.69, 9.17) is 21.1 Å². The summed E-state index contributed by atoms with van der Waals surface area (Å²) in [5.74, 6) is 1.20. The number of carbonyl (C=O) groups excluding carboxylic acids is 1. The van der Waals surface area contributed by atoms with Crippen molar-refractivity contribution in [3.8, 4) is 11.5 Å². The molecule has 32 heavy (non-hydrogen) atoms. The summed E-state index contributed by atoms with van der Waals surface area (Å²) in [6, 6.07) is 21.4. The Labute approximate surface area is 192 Å². The third kappa shape index (κ3) is 4.89. The first-order valence-corrected chi connectivity index (χ1v) is 10.8. The third-order valence-corrected chi connectivity index (χ3v) is 5.94. The van der Waals surface area contributed by atoms with Gasteiger partial charge in [-0.05, 0) is 60.0 Å². The molecule has 1 aromatic heterocycles. The summed E-state index contributed by atoms with van der Waals surface area (Å²) in [6.45, 7) is 2.27. The number of hydrogen-bond acceptors (Lipinski definition) is 3. The minimum absolute atomic E-state index is 0.0289. The molecule has 0 unspecified atom stereocenters. The van der Waals surface area contributed by atoms with E-state index in [0.29, 0.717) is 17.3 Å². The zero-order valence-corrected chi connectivity index (χ0v) is 18.8. The van der Waals surface area contributed by atoms with E-state index in [1.165, 1.54) is 0 Å². The van der Waals surface area contributed by atoms with Gasteiger partial charge in [0.25, 0.3) is 5.91 Å². The molecule has 0 aliphatic rings. The molecule has 0 radical (unpaired) electrons. The summed E-state index contributed by atoms with van der Waals surface area (Å²) < 4.78 is 10.9. The summed E-state index contributed by atoms with van der Waals surface area (Å²) >= 11 is 6.05. The molecule has 4 aromatic rings. The maximum atomic E-state index is 12.5. The lowest BCUT2D eigenvalue weighted by Gasteiger charge is -2.19. The number of rotatable bonds is 8. The van der Waals surface area contributed by atoms with Crippen molar-refractivity contribution in [3.63, 3.8) is 0 Å². The molecule has 5 nitrogen and oxygen atoms in total. The SMILES string of the molecule is COc1ccc([C@@H](CNC(=O)COc2ccc(Cl)c(C)c2)c2c[nH]c3ccccc23)cc1. The van der Waals surface area contributed by atoms with Crippen molar-refractivity contribution in [1.29, 1.82) is 0 Å². The zero-order chi connectivity index (χ0) is 22.5. The average Bonchev–Trinajstić information content (AvgIpc) is 3.24. The first-order chi connectivity index (χ1) is 15.5. The largest absolute Gasteiger partial charge is 0.497 e. The van der Waals surface area contributed by atoms with E-state index in [-0.39, 0.29) is 18.4 Å². The molecule has 4 rings (SSSR count). The van der Waals surface area contributed by atoms with Gasteiger partial charge in [-0.3, -0.25) is 4.79 Å². The Balaban J connectivity index is 1.50. The third-order valence-electron chi connectivity index (χ3n) is 5.52. The molecule has 164 valence electrons. The number of aryl methyl sites for hydroxylation is 1. The van der Waals surface area contributed by atoms with Crippen molar-refractivity contribution in [2.45, 2.75) is 12.8 Å². The van der Waals surface area contributed by atoms with Crippen molar-refractivity contribution in [3.05, 3.63) is 94.6 Å². The highest BCUT2D eigenvalue weighted by atomic mass is 35.5. The van der Waals surface area contributed by atoms with Gasteiger partial charge in [-0.2, -0.15) is 0 Å². The number of ether oxygens (including phenoxy) is 2. The van der Waals surface area contributed by atoms with Gasteiger partial charge in [0.15, 0.2) is 6.61 Å². The topological polar surface area (TPSA) is 63.4 Å². The van der Waals surface area contributed by atoms with Crippen LogP contribution in [0.3, 0.4) is 0 Å². The summed E-state index contributed by atoms with van der Waals surface area (Å²) in [4.78, 5) is 15.9. The van der Waals surface area contributed by atoms with Crippen LogP contribution in [0.15, 0.2) is 72.9 Å². The lowest BCUT2D eigenvalue weighted by Crippen LogP contribution is -2.32. The van der Waals surface area contributed by atoms with Gasteiger partial charge in [0, 0.05) is 34.6 Å². The summed E-state index contributed by atoms with van der Waals surface area (Å²) in [7, 11) is 1.65. The maximum absolute atomic E-state index is 12.5. The summed E-state index contributed by atoms with van der Waals surface area (Å²) in [5, 5.41) is 4.83. The highest BCUT2D eigenvalue weighted by Crippen LogP contribution is 2.31.